The molecule has 0 heterocycles. The summed E-state index contributed by atoms with van der Waals surface area (Å²) in [5.41, 5.74) is -0.977. The highest BCUT2D eigenvalue weighted by Gasteiger charge is 2.36. The van der Waals surface area contributed by atoms with Gasteiger partial charge in [-0.25, -0.2) is 4.39 Å². The van der Waals surface area contributed by atoms with Crippen molar-refractivity contribution < 1.29 is 27.2 Å². The minimum Gasteiger partial charge on any atom is -0.299 e. The van der Waals surface area contributed by atoms with Crippen LogP contribution in [0.3, 0.4) is 0 Å². The number of halogens is 4. The second kappa shape index (κ2) is 7.81. The summed E-state index contributed by atoms with van der Waals surface area (Å²) in [4.78, 5) is 25.0. The SMILES string of the molecule is CC[C@H](c1ccccc1F)C(C(C)=O)C(=O)c1cccc(C(F)(F)F)c1. The average Bonchev–Trinajstić information content (AvgIpc) is 2.59. The molecule has 0 aromatic heterocycles. The van der Waals surface area contributed by atoms with Crippen LogP contribution in [0, 0.1) is 11.7 Å². The molecule has 1 unspecified atom stereocenters. The third kappa shape index (κ3) is 4.18. The Kier molecular flexibility index (Phi) is 5.95. The van der Waals surface area contributed by atoms with Crippen LogP contribution < -0.4 is 0 Å². The van der Waals surface area contributed by atoms with Gasteiger partial charge in [-0.3, -0.25) is 9.59 Å². The Hall–Kier alpha value is -2.50. The molecule has 0 spiro atoms. The number of benzene rings is 2. The molecule has 0 fully saturated rings. The average molecular weight is 366 g/mol. The van der Waals surface area contributed by atoms with Gasteiger partial charge in [-0.05, 0) is 37.1 Å². The van der Waals surface area contributed by atoms with Gasteiger partial charge >= 0.3 is 6.18 Å². The Morgan fingerprint density at radius 3 is 2.23 bits per heavy atom. The first-order chi connectivity index (χ1) is 12.2. The van der Waals surface area contributed by atoms with Crippen molar-refractivity contribution in [3.63, 3.8) is 0 Å². The Bertz CT molecular complexity index is 811. The van der Waals surface area contributed by atoms with Crippen molar-refractivity contribution in [3.05, 3.63) is 71.0 Å². The summed E-state index contributed by atoms with van der Waals surface area (Å²) in [6, 6.07) is 9.73. The molecule has 26 heavy (non-hydrogen) atoms. The van der Waals surface area contributed by atoms with E-state index in [1.165, 1.54) is 31.2 Å². The number of carbonyl (C=O) groups is 2. The molecule has 0 aliphatic heterocycles. The third-order valence-electron chi connectivity index (χ3n) is 4.34. The van der Waals surface area contributed by atoms with Crippen LogP contribution in [0.2, 0.25) is 0 Å². The smallest absolute Gasteiger partial charge is 0.299 e. The van der Waals surface area contributed by atoms with Gasteiger partial charge in [0.1, 0.15) is 11.6 Å². The van der Waals surface area contributed by atoms with Crippen LogP contribution in [0.1, 0.15) is 47.7 Å². The van der Waals surface area contributed by atoms with E-state index in [9.17, 15) is 27.2 Å². The molecule has 2 rings (SSSR count). The Labute approximate surface area is 148 Å². The normalized spacial score (nSPS) is 13.9. The molecule has 0 radical (unpaired) electrons. The summed E-state index contributed by atoms with van der Waals surface area (Å²) >= 11 is 0. The van der Waals surface area contributed by atoms with Gasteiger partial charge in [-0.15, -0.1) is 0 Å². The number of rotatable bonds is 6. The number of ketones is 2. The second-order valence-corrected chi connectivity index (χ2v) is 6.07. The highest BCUT2D eigenvalue weighted by Crippen LogP contribution is 2.34. The molecule has 0 N–H and O–H groups in total. The van der Waals surface area contributed by atoms with Crippen molar-refractivity contribution >= 4 is 11.6 Å². The molecule has 2 atom stereocenters. The van der Waals surface area contributed by atoms with Crippen LogP contribution in [0.4, 0.5) is 17.6 Å². The quantitative estimate of drug-likeness (QED) is 0.388. The molecule has 138 valence electrons. The van der Waals surface area contributed by atoms with Gasteiger partial charge in [-0.1, -0.05) is 37.3 Å². The lowest BCUT2D eigenvalue weighted by atomic mass is 9.77. The third-order valence-corrected chi connectivity index (χ3v) is 4.34. The van der Waals surface area contributed by atoms with Crippen LogP contribution in [0.25, 0.3) is 0 Å². The molecule has 0 bridgehead atoms. The summed E-state index contributed by atoms with van der Waals surface area (Å²) in [7, 11) is 0. The van der Waals surface area contributed by atoms with Crippen LogP contribution in [-0.2, 0) is 11.0 Å². The topological polar surface area (TPSA) is 34.1 Å². The number of hydrogen-bond donors (Lipinski definition) is 0. The van der Waals surface area contributed by atoms with Crippen molar-refractivity contribution in [1.29, 1.82) is 0 Å². The van der Waals surface area contributed by atoms with E-state index in [1.807, 2.05) is 0 Å². The van der Waals surface area contributed by atoms with E-state index in [0.717, 1.165) is 18.2 Å². The minimum atomic E-state index is -4.60. The van der Waals surface area contributed by atoms with E-state index < -0.39 is 41.0 Å². The van der Waals surface area contributed by atoms with Crippen LogP contribution in [-0.4, -0.2) is 11.6 Å². The number of hydrogen-bond acceptors (Lipinski definition) is 2. The van der Waals surface area contributed by atoms with E-state index in [-0.39, 0.29) is 17.5 Å². The molecular weight excluding hydrogens is 348 g/mol. The lowest BCUT2D eigenvalue weighted by Gasteiger charge is -2.24. The van der Waals surface area contributed by atoms with Crippen molar-refractivity contribution in [2.75, 3.05) is 0 Å². The number of Topliss-reactive ketones (excluding diaryl/α,β-unsaturated/α-hetero) is 2. The summed E-state index contributed by atoms with van der Waals surface area (Å²) in [6.45, 7) is 2.89. The predicted molar refractivity (Wildman–Crippen MR) is 89.4 cm³/mol. The molecule has 2 nitrogen and oxygen atoms in total. The van der Waals surface area contributed by atoms with Gasteiger partial charge in [0.05, 0.1) is 11.5 Å². The van der Waals surface area contributed by atoms with E-state index in [1.54, 1.807) is 13.0 Å². The minimum absolute atomic E-state index is 0.204. The monoisotopic (exact) mass is 366 g/mol. The van der Waals surface area contributed by atoms with E-state index >= 15 is 0 Å². The Morgan fingerprint density at radius 1 is 1.04 bits per heavy atom. The Morgan fingerprint density at radius 2 is 1.69 bits per heavy atom. The zero-order chi connectivity index (χ0) is 19.5. The highest BCUT2D eigenvalue weighted by atomic mass is 19.4. The molecule has 6 heteroatoms. The van der Waals surface area contributed by atoms with Gasteiger partial charge in [0, 0.05) is 11.5 Å². The largest absolute Gasteiger partial charge is 0.416 e. The lowest BCUT2D eigenvalue weighted by Crippen LogP contribution is -2.29. The molecule has 2 aromatic carbocycles. The number of carbonyl (C=O) groups excluding carboxylic acids is 2. The van der Waals surface area contributed by atoms with Crippen molar-refractivity contribution in [1.82, 2.24) is 0 Å². The van der Waals surface area contributed by atoms with Crippen LogP contribution >= 0.6 is 0 Å². The first kappa shape index (κ1) is 19.8. The standard InChI is InChI=1S/C20H18F4O2/c1-3-15(16-9-4-5-10-17(16)21)18(12(2)25)19(26)13-7-6-8-14(11-13)20(22,23)24/h4-11,15,18H,3H2,1-2H3/t15-,18?/m1/s1. The van der Waals surface area contributed by atoms with Crippen molar-refractivity contribution in [3.8, 4) is 0 Å². The van der Waals surface area contributed by atoms with Crippen LogP contribution in [0.15, 0.2) is 48.5 Å². The maximum absolute atomic E-state index is 14.2. The summed E-state index contributed by atoms with van der Waals surface area (Å²) < 4.78 is 52.9. The van der Waals surface area contributed by atoms with E-state index in [4.69, 9.17) is 0 Å². The Balaban J connectivity index is 2.48. The van der Waals surface area contributed by atoms with Gasteiger partial charge < -0.3 is 0 Å². The van der Waals surface area contributed by atoms with Crippen molar-refractivity contribution in [2.45, 2.75) is 32.4 Å². The summed E-state index contributed by atoms with van der Waals surface area (Å²) in [6.07, 6.45) is -4.31. The molecule has 0 aliphatic rings. The molecule has 0 amide bonds. The number of alkyl halides is 3. The van der Waals surface area contributed by atoms with Gasteiger partial charge in [0.2, 0.25) is 0 Å². The van der Waals surface area contributed by atoms with Gasteiger partial charge in [0.15, 0.2) is 5.78 Å². The summed E-state index contributed by atoms with van der Waals surface area (Å²) in [5.74, 6) is -3.81. The van der Waals surface area contributed by atoms with E-state index in [2.05, 4.69) is 0 Å². The fourth-order valence-electron chi connectivity index (χ4n) is 3.09. The van der Waals surface area contributed by atoms with E-state index in [0.29, 0.717) is 0 Å². The maximum atomic E-state index is 14.2. The maximum Gasteiger partial charge on any atom is 0.416 e. The lowest BCUT2D eigenvalue weighted by molar-refractivity contribution is -0.137. The second-order valence-electron chi connectivity index (χ2n) is 6.07. The fraction of sp³-hybridized carbons (Fsp3) is 0.300. The molecule has 0 saturated heterocycles. The zero-order valence-electron chi connectivity index (χ0n) is 14.3. The molecular formula is C20H18F4O2. The van der Waals surface area contributed by atoms with Gasteiger partial charge in [0.25, 0.3) is 0 Å². The molecule has 2 aromatic rings. The first-order valence-electron chi connectivity index (χ1n) is 8.13. The molecule has 0 aliphatic carbocycles. The predicted octanol–water partition coefficient (Wildman–Crippen LogP) is 5.43. The molecule has 0 saturated carbocycles. The van der Waals surface area contributed by atoms with Crippen LogP contribution in [0.5, 0.6) is 0 Å². The zero-order valence-corrected chi connectivity index (χ0v) is 14.3. The van der Waals surface area contributed by atoms with Gasteiger partial charge in [-0.2, -0.15) is 13.2 Å². The highest BCUT2D eigenvalue weighted by molar-refractivity contribution is 6.10. The first-order valence-corrected chi connectivity index (χ1v) is 8.13. The van der Waals surface area contributed by atoms with Crippen molar-refractivity contribution in [2.24, 2.45) is 5.92 Å². The fourth-order valence-corrected chi connectivity index (χ4v) is 3.09. The summed E-state index contributed by atoms with van der Waals surface area (Å²) in [5, 5.41) is 0.